The Morgan fingerprint density at radius 3 is 2.55 bits per heavy atom. The quantitative estimate of drug-likeness (QED) is 0.693. The number of benzene rings is 2. The number of aromatic nitrogens is 1. The Morgan fingerprint density at radius 1 is 1.00 bits per heavy atom. The highest BCUT2D eigenvalue weighted by molar-refractivity contribution is 5.88. The number of pyridine rings is 1. The lowest BCUT2D eigenvalue weighted by molar-refractivity contribution is 0.151. The fourth-order valence-electron chi connectivity index (χ4n) is 4.09. The molecule has 1 aliphatic heterocycles. The van der Waals surface area contributed by atoms with Crippen LogP contribution in [-0.4, -0.2) is 50.8 Å². The zero-order chi connectivity index (χ0) is 20.2. The number of hydrogen-bond donors (Lipinski definition) is 1. The van der Waals surface area contributed by atoms with Crippen LogP contribution in [0.25, 0.3) is 10.8 Å². The molecule has 0 aliphatic carbocycles. The van der Waals surface area contributed by atoms with Crippen molar-refractivity contribution in [1.29, 1.82) is 0 Å². The first kappa shape index (κ1) is 19.5. The largest absolute Gasteiger partial charge is 0.496 e. The topological polar surface area (TPSA) is 55.9 Å². The number of piperazine rings is 1. The van der Waals surface area contributed by atoms with Gasteiger partial charge in [0.15, 0.2) is 11.5 Å². The number of nitrogens with zero attached hydrogens (tertiary/aromatic N) is 2. The van der Waals surface area contributed by atoms with Gasteiger partial charge in [0, 0.05) is 49.5 Å². The second-order valence-corrected chi connectivity index (χ2v) is 7.16. The summed E-state index contributed by atoms with van der Waals surface area (Å²) < 4.78 is 16.6. The van der Waals surface area contributed by atoms with Gasteiger partial charge in [-0.05, 0) is 29.1 Å². The molecule has 0 spiro atoms. The molecular formula is C23H27N3O3. The summed E-state index contributed by atoms with van der Waals surface area (Å²) in [7, 11) is 5.05. The summed E-state index contributed by atoms with van der Waals surface area (Å²) in [6.07, 6.45) is 3.83. The molecule has 4 rings (SSSR count). The van der Waals surface area contributed by atoms with Crippen LogP contribution >= 0.6 is 0 Å². The number of rotatable bonds is 6. The molecule has 6 nitrogen and oxygen atoms in total. The normalized spacial score (nSPS) is 17.3. The number of hydrogen-bond acceptors (Lipinski definition) is 6. The van der Waals surface area contributed by atoms with E-state index < -0.39 is 0 Å². The van der Waals surface area contributed by atoms with Crippen LogP contribution in [0.1, 0.15) is 17.2 Å². The van der Waals surface area contributed by atoms with Gasteiger partial charge in [0.2, 0.25) is 0 Å². The fraction of sp³-hybridized carbons (Fsp3) is 0.348. The molecular weight excluding hydrogens is 366 g/mol. The van der Waals surface area contributed by atoms with Gasteiger partial charge < -0.3 is 19.5 Å². The van der Waals surface area contributed by atoms with Crippen molar-refractivity contribution in [2.45, 2.75) is 12.6 Å². The van der Waals surface area contributed by atoms with Crippen LogP contribution in [0.2, 0.25) is 0 Å². The van der Waals surface area contributed by atoms with Gasteiger partial charge in [0.05, 0.1) is 27.4 Å². The molecule has 1 saturated heterocycles. The van der Waals surface area contributed by atoms with Crippen molar-refractivity contribution < 1.29 is 14.2 Å². The van der Waals surface area contributed by atoms with E-state index >= 15 is 0 Å². The molecule has 29 heavy (non-hydrogen) atoms. The Balaban J connectivity index is 1.71. The lowest BCUT2D eigenvalue weighted by Crippen LogP contribution is -2.45. The van der Waals surface area contributed by atoms with E-state index in [-0.39, 0.29) is 6.04 Å². The summed E-state index contributed by atoms with van der Waals surface area (Å²) in [6.45, 7) is 3.59. The van der Waals surface area contributed by atoms with Crippen molar-refractivity contribution in [1.82, 2.24) is 15.2 Å². The zero-order valence-electron chi connectivity index (χ0n) is 17.1. The van der Waals surface area contributed by atoms with E-state index in [1.165, 1.54) is 11.1 Å². The molecule has 0 saturated carbocycles. The second-order valence-electron chi connectivity index (χ2n) is 7.16. The Morgan fingerprint density at radius 2 is 1.76 bits per heavy atom. The summed E-state index contributed by atoms with van der Waals surface area (Å²) in [5.74, 6) is 2.37. The van der Waals surface area contributed by atoms with E-state index in [1.807, 2.05) is 36.7 Å². The monoisotopic (exact) mass is 393 g/mol. The number of methoxy groups -OCH3 is 3. The number of para-hydroxylation sites is 1. The molecule has 6 heteroatoms. The van der Waals surface area contributed by atoms with E-state index in [9.17, 15) is 0 Å². The highest BCUT2D eigenvalue weighted by Gasteiger charge is 2.26. The first-order chi connectivity index (χ1) is 14.2. The SMILES string of the molecule is COc1cc2cncc(CN3CCNCC3c3ccccc3OC)c2cc1OC. The standard InChI is InChI=1S/C23H27N3O3/c1-27-21-7-5-4-6-18(21)20-14-24-8-9-26(20)15-17-13-25-12-16-10-22(28-2)23(29-3)11-19(16)17/h4-7,10-13,20,24H,8-9,14-15H2,1-3H3. The van der Waals surface area contributed by atoms with Gasteiger partial charge >= 0.3 is 0 Å². The maximum Gasteiger partial charge on any atom is 0.161 e. The lowest BCUT2D eigenvalue weighted by atomic mass is 10.00. The fourth-order valence-corrected chi connectivity index (χ4v) is 4.09. The molecule has 3 aromatic rings. The molecule has 2 aromatic carbocycles. The maximum atomic E-state index is 5.63. The molecule has 1 aromatic heterocycles. The van der Waals surface area contributed by atoms with Crippen LogP contribution in [0.5, 0.6) is 17.2 Å². The summed E-state index contributed by atoms with van der Waals surface area (Å²) in [5, 5.41) is 5.70. The minimum Gasteiger partial charge on any atom is -0.496 e. The van der Waals surface area contributed by atoms with E-state index in [2.05, 4.69) is 27.3 Å². The Kier molecular flexibility index (Phi) is 5.83. The van der Waals surface area contributed by atoms with Crippen LogP contribution in [0.3, 0.4) is 0 Å². The first-order valence-corrected chi connectivity index (χ1v) is 9.81. The van der Waals surface area contributed by atoms with Gasteiger partial charge in [-0.1, -0.05) is 18.2 Å². The smallest absolute Gasteiger partial charge is 0.161 e. The van der Waals surface area contributed by atoms with Crippen molar-refractivity contribution in [3.05, 3.63) is 59.9 Å². The van der Waals surface area contributed by atoms with Gasteiger partial charge in [0.1, 0.15) is 5.75 Å². The van der Waals surface area contributed by atoms with Crippen LogP contribution < -0.4 is 19.5 Å². The van der Waals surface area contributed by atoms with Crippen LogP contribution in [-0.2, 0) is 6.54 Å². The van der Waals surface area contributed by atoms with Gasteiger partial charge in [-0.3, -0.25) is 9.88 Å². The van der Waals surface area contributed by atoms with Crippen molar-refractivity contribution in [3.8, 4) is 17.2 Å². The van der Waals surface area contributed by atoms with E-state index in [1.54, 1.807) is 21.3 Å². The zero-order valence-corrected chi connectivity index (χ0v) is 17.1. The predicted molar refractivity (Wildman–Crippen MR) is 114 cm³/mol. The summed E-state index contributed by atoms with van der Waals surface area (Å²) in [5.41, 5.74) is 2.37. The third kappa shape index (κ3) is 3.86. The minimum absolute atomic E-state index is 0.232. The van der Waals surface area contributed by atoms with Crippen LogP contribution in [0.4, 0.5) is 0 Å². The molecule has 1 fully saturated rings. The Bertz CT molecular complexity index is 992. The molecule has 2 heterocycles. The number of ether oxygens (including phenoxy) is 3. The van der Waals surface area contributed by atoms with E-state index in [0.717, 1.165) is 48.5 Å². The molecule has 152 valence electrons. The molecule has 1 aliphatic rings. The Labute approximate surface area is 171 Å². The third-order valence-corrected chi connectivity index (χ3v) is 5.57. The second kappa shape index (κ2) is 8.68. The summed E-state index contributed by atoms with van der Waals surface area (Å²) >= 11 is 0. The number of fused-ring (bicyclic) bond motifs is 1. The highest BCUT2D eigenvalue weighted by Crippen LogP contribution is 2.35. The predicted octanol–water partition coefficient (Wildman–Crippen LogP) is 3.41. The first-order valence-electron chi connectivity index (χ1n) is 9.81. The summed E-state index contributed by atoms with van der Waals surface area (Å²) in [4.78, 5) is 6.96. The molecule has 1 unspecified atom stereocenters. The average Bonchev–Trinajstić information content (AvgIpc) is 2.78. The van der Waals surface area contributed by atoms with Crippen LogP contribution in [0, 0.1) is 0 Å². The van der Waals surface area contributed by atoms with Gasteiger partial charge in [0.25, 0.3) is 0 Å². The van der Waals surface area contributed by atoms with Crippen molar-refractivity contribution in [2.75, 3.05) is 41.0 Å². The van der Waals surface area contributed by atoms with Gasteiger partial charge in [-0.15, -0.1) is 0 Å². The highest BCUT2D eigenvalue weighted by atomic mass is 16.5. The van der Waals surface area contributed by atoms with Gasteiger partial charge in [-0.25, -0.2) is 0 Å². The average molecular weight is 393 g/mol. The molecule has 0 bridgehead atoms. The van der Waals surface area contributed by atoms with Gasteiger partial charge in [-0.2, -0.15) is 0 Å². The minimum atomic E-state index is 0.232. The van der Waals surface area contributed by atoms with Crippen molar-refractivity contribution >= 4 is 10.8 Å². The maximum absolute atomic E-state index is 5.63. The summed E-state index contributed by atoms with van der Waals surface area (Å²) in [6, 6.07) is 12.5. The Hall–Kier alpha value is -2.83. The van der Waals surface area contributed by atoms with E-state index in [4.69, 9.17) is 14.2 Å². The molecule has 1 atom stereocenters. The van der Waals surface area contributed by atoms with Crippen LogP contribution in [0.15, 0.2) is 48.8 Å². The van der Waals surface area contributed by atoms with Crippen molar-refractivity contribution in [3.63, 3.8) is 0 Å². The molecule has 0 amide bonds. The lowest BCUT2D eigenvalue weighted by Gasteiger charge is -2.37. The van der Waals surface area contributed by atoms with E-state index in [0.29, 0.717) is 5.75 Å². The molecule has 1 N–H and O–H groups in total. The third-order valence-electron chi connectivity index (χ3n) is 5.57. The van der Waals surface area contributed by atoms with Crippen molar-refractivity contribution in [2.24, 2.45) is 0 Å². The number of nitrogens with one attached hydrogen (secondary N) is 1. The molecule has 0 radical (unpaired) electrons.